The lowest BCUT2D eigenvalue weighted by Gasteiger charge is -2.33. The summed E-state index contributed by atoms with van der Waals surface area (Å²) in [6, 6.07) is 17.4. The molecule has 0 amide bonds. The van der Waals surface area contributed by atoms with E-state index in [0.717, 1.165) is 35.9 Å². The second kappa shape index (κ2) is 9.11. The molecule has 1 aliphatic rings. The van der Waals surface area contributed by atoms with Gasteiger partial charge in [0.25, 0.3) is 5.89 Å². The highest BCUT2D eigenvalue weighted by Crippen LogP contribution is 2.36. The van der Waals surface area contributed by atoms with E-state index in [1.54, 1.807) is 6.92 Å². The van der Waals surface area contributed by atoms with Crippen molar-refractivity contribution in [3.05, 3.63) is 83.6 Å². The molecule has 2 heterocycles. The van der Waals surface area contributed by atoms with Crippen molar-refractivity contribution in [1.82, 2.24) is 15.2 Å². The Labute approximate surface area is 203 Å². The zero-order chi connectivity index (χ0) is 24.6. The predicted octanol–water partition coefficient (Wildman–Crippen LogP) is 5.57. The molecule has 0 bridgehead atoms. The van der Waals surface area contributed by atoms with E-state index < -0.39 is 5.82 Å². The van der Waals surface area contributed by atoms with Crippen LogP contribution >= 0.6 is 0 Å². The molecular weight excluding hydrogens is 447 g/mol. The first-order valence-corrected chi connectivity index (χ1v) is 11.5. The lowest BCUT2D eigenvalue weighted by atomic mass is 9.78. The molecule has 7 nitrogen and oxygen atoms in total. The minimum atomic E-state index is -0.523. The molecule has 1 aliphatic carbocycles. The number of hydrogen-bond donors (Lipinski definition) is 1. The maximum Gasteiger partial charge on any atom is 0.270 e. The van der Waals surface area contributed by atoms with E-state index in [1.165, 1.54) is 6.07 Å². The van der Waals surface area contributed by atoms with Crippen LogP contribution in [0.3, 0.4) is 0 Å². The molecule has 2 aromatic heterocycles. The molecule has 4 aromatic rings. The minimum Gasteiger partial charge on any atom is -0.490 e. The molecule has 0 aliphatic heterocycles. The first kappa shape index (κ1) is 23.0. The average molecular weight is 475 g/mol. The number of benzene rings is 2. The van der Waals surface area contributed by atoms with E-state index in [2.05, 4.69) is 41.2 Å². The van der Waals surface area contributed by atoms with Crippen molar-refractivity contribution in [2.45, 2.75) is 51.2 Å². The number of ether oxygens (including phenoxy) is 2. The summed E-state index contributed by atoms with van der Waals surface area (Å²) < 4.78 is 31.3. The Morgan fingerprint density at radius 3 is 2.17 bits per heavy atom. The Balaban J connectivity index is 1.32. The monoisotopic (exact) mass is 474 g/mol. The summed E-state index contributed by atoms with van der Waals surface area (Å²) in [5.41, 5.74) is 8.14. The molecule has 1 fully saturated rings. The Hall–Kier alpha value is -3.78. The highest BCUT2D eigenvalue weighted by atomic mass is 19.1. The summed E-state index contributed by atoms with van der Waals surface area (Å²) in [5, 5.41) is 7.78. The number of rotatable bonds is 7. The van der Waals surface area contributed by atoms with Gasteiger partial charge in [-0.25, -0.2) is 9.37 Å². The zero-order valence-corrected chi connectivity index (χ0v) is 19.9. The Morgan fingerprint density at radius 2 is 1.60 bits per heavy atom. The van der Waals surface area contributed by atoms with Crippen molar-refractivity contribution in [2.24, 2.45) is 5.73 Å². The molecule has 2 aromatic carbocycles. The molecule has 5 rings (SSSR count). The molecule has 1 saturated carbocycles. The van der Waals surface area contributed by atoms with Gasteiger partial charge in [0.1, 0.15) is 23.4 Å². The van der Waals surface area contributed by atoms with Crippen molar-refractivity contribution in [3.63, 3.8) is 0 Å². The summed E-state index contributed by atoms with van der Waals surface area (Å²) in [7, 11) is 0. The summed E-state index contributed by atoms with van der Waals surface area (Å²) in [6.07, 6.45) is 3.12. The van der Waals surface area contributed by atoms with Crippen LogP contribution in [0, 0.1) is 12.7 Å². The Bertz CT molecular complexity index is 1310. The van der Waals surface area contributed by atoms with Crippen LogP contribution in [0.15, 0.2) is 65.2 Å². The molecule has 0 saturated heterocycles. The standard InChI is InChI=1S/C27H27FN4O3/c1-16-31-32-26(33-16)25-24(12-19(28)15-30-25)35-22-10-6-18(7-11-22)27(2,3)17-4-8-21(9-5-17)34-23-13-20(29)14-23/h4-12,15,20,23H,13-14,29H2,1-3H3/t20-,23-. The molecule has 0 unspecified atom stereocenters. The smallest absolute Gasteiger partial charge is 0.270 e. The van der Waals surface area contributed by atoms with Gasteiger partial charge in [0.2, 0.25) is 5.89 Å². The number of aryl methyl sites for hydroxylation is 1. The highest BCUT2D eigenvalue weighted by Gasteiger charge is 2.28. The minimum absolute atomic E-state index is 0.169. The molecule has 0 radical (unpaired) electrons. The van der Waals surface area contributed by atoms with Gasteiger partial charge in [-0.1, -0.05) is 38.1 Å². The molecule has 180 valence electrons. The SMILES string of the molecule is Cc1nnc(-c2ncc(F)cc2Oc2ccc(C(C)(C)c3ccc(O[C@H]4C[C@H](N)C4)cc3)cc2)o1. The lowest BCUT2D eigenvalue weighted by Crippen LogP contribution is -2.43. The van der Waals surface area contributed by atoms with Crippen LogP contribution in [0.5, 0.6) is 17.2 Å². The van der Waals surface area contributed by atoms with Crippen LogP contribution in [-0.4, -0.2) is 27.3 Å². The van der Waals surface area contributed by atoms with Gasteiger partial charge in [-0.15, -0.1) is 10.2 Å². The van der Waals surface area contributed by atoms with Crippen LogP contribution < -0.4 is 15.2 Å². The van der Waals surface area contributed by atoms with Crippen LogP contribution in [-0.2, 0) is 5.41 Å². The topological polar surface area (TPSA) is 96.3 Å². The zero-order valence-electron chi connectivity index (χ0n) is 19.9. The van der Waals surface area contributed by atoms with Crippen LogP contribution in [0.2, 0.25) is 0 Å². The first-order chi connectivity index (χ1) is 16.8. The van der Waals surface area contributed by atoms with Gasteiger partial charge in [-0.3, -0.25) is 0 Å². The van der Waals surface area contributed by atoms with Crippen molar-refractivity contribution in [1.29, 1.82) is 0 Å². The van der Waals surface area contributed by atoms with Crippen molar-refractivity contribution >= 4 is 0 Å². The summed E-state index contributed by atoms with van der Waals surface area (Å²) >= 11 is 0. The molecule has 2 N–H and O–H groups in total. The summed E-state index contributed by atoms with van der Waals surface area (Å²) in [5.74, 6) is 1.63. The fourth-order valence-corrected chi connectivity index (χ4v) is 4.13. The van der Waals surface area contributed by atoms with E-state index in [0.29, 0.717) is 11.6 Å². The van der Waals surface area contributed by atoms with Gasteiger partial charge >= 0.3 is 0 Å². The van der Waals surface area contributed by atoms with Crippen molar-refractivity contribution < 1.29 is 18.3 Å². The number of nitrogens with zero attached hydrogens (tertiary/aromatic N) is 3. The van der Waals surface area contributed by atoms with E-state index in [9.17, 15) is 4.39 Å². The van der Waals surface area contributed by atoms with E-state index in [-0.39, 0.29) is 34.9 Å². The second-order valence-corrected chi connectivity index (χ2v) is 9.37. The van der Waals surface area contributed by atoms with Crippen molar-refractivity contribution in [2.75, 3.05) is 0 Å². The van der Waals surface area contributed by atoms with Gasteiger partial charge in [0.15, 0.2) is 11.4 Å². The lowest BCUT2D eigenvalue weighted by molar-refractivity contribution is 0.101. The molecule has 0 spiro atoms. The third kappa shape index (κ3) is 4.88. The van der Waals surface area contributed by atoms with Gasteiger partial charge < -0.3 is 19.6 Å². The third-order valence-electron chi connectivity index (χ3n) is 6.36. The Kier molecular flexibility index (Phi) is 5.98. The quantitative estimate of drug-likeness (QED) is 0.374. The molecular formula is C27H27FN4O3. The van der Waals surface area contributed by atoms with Gasteiger partial charge in [0, 0.05) is 24.4 Å². The van der Waals surface area contributed by atoms with Gasteiger partial charge in [0.05, 0.1) is 6.20 Å². The summed E-state index contributed by atoms with van der Waals surface area (Å²) in [4.78, 5) is 4.08. The van der Waals surface area contributed by atoms with Crippen LogP contribution in [0.1, 0.15) is 43.7 Å². The maximum atomic E-state index is 13.9. The van der Waals surface area contributed by atoms with Crippen LogP contribution in [0.25, 0.3) is 11.6 Å². The molecule has 0 atom stereocenters. The number of hydrogen-bond acceptors (Lipinski definition) is 7. The van der Waals surface area contributed by atoms with Gasteiger partial charge in [-0.2, -0.15) is 0 Å². The molecule has 35 heavy (non-hydrogen) atoms. The van der Waals surface area contributed by atoms with E-state index in [4.69, 9.17) is 19.6 Å². The fraction of sp³-hybridized carbons (Fsp3) is 0.296. The number of halogens is 1. The maximum absolute atomic E-state index is 13.9. The number of nitrogens with two attached hydrogens (primary N) is 1. The Morgan fingerprint density at radius 1 is 0.971 bits per heavy atom. The largest absolute Gasteiger partial charge is 0.490 e. The predicted molar refractivity (Wildman–Crippen MR) is 129 cm³/mol. The third-order valence-corrected chi connectivity index (χ3v) is 6.36. The fourth-order valence-electron chi connectivity index (χ4n) is 4.13. The normalized spacial score (nSPS) is 17.6. The highest BCUT2D eigenvalue weighted by molar-refractivity contribution is 5.58. The van der Waals surface area contributed by atoms with E-state index >= 15 is 0 Å². The van der Waals surface area contributed by atoms with E-state index in [1.807, 2.05) is 36.4 Å². The number of aromatic nitrogens is 3. The van der Waals surface area contributed by atoms with Gasteiger partial charge in [-0.05, 0) is 48.2 Å². The van der Waals surface area contributed by atoms with Crippen molar-refractivity contribution in [3.8, 4) is 28.8 Å². The first-order valence-electron chi connectivity index (χ1n) is 11.5. The average Bonchev–Trinajstić information content (AvgIpc) is 3.25. The number of pyridine rings is 1. The summed E-state index contributed by atoms with van der Waals surface area (Å²) in [6.45, 7) is 6.00. The van der Waals surface area contributed by atoms with Crippen LogP contribution in [0.4, 0.5) is 4.39 Å². The molecule has 8 heteroatoms. The second-order valence-electron chi connectivity index (χ2n) is 9.37.